The van der Waals surface area contributed by atoms with Crippen molar-refractivity contribution in [2.75, 3.05) is 17.2 Å². The van der Waals surface area contributed by atoms with E-state index < -0.39 is 11.4 Å². The normalized spacial score (nSPS) is 15.2. The summed E-state index contributed by atoms with van der Waals surface area (Å²) in [5.41, 5.74) is 0.149. The summed E-state index contributed by atoms with van der Waals surface area (Å²) in [6, 6.07) is 6.40. The number of nitrogens with one attached hydrogen (secondary N) is 3. The largest absolute Gasteiger partial charge is 0.481 e. The molecule has 0 heterocycles. The standard InChI is InChI=1S/C16H21N3O4/c1-2-17-15(23)19-12-6-3-5-11(9-12)18-13(20)10-16(14(21)22)7-4-8-16/h3,5-6,9H,2,4,7-8,10H2,1H3,(H,18,20)(H,21,22)(H2,17,19,23). The first-order valence-electron chi connectivity index (χ1n) is 7.63. The van der Waals surface area contributed by atoms with Crippen LogP contribution in [0.1, 0.15) is 32.6 Å². The summed E-state index contributed by atoms with van der Waals surface area (Å²) < 4.78 is 0. The van der Waals surface area contributed by atoms with Crippen LogP contribution in [-0.2, 0) is 9.59 Å². The van der Waals surface area contributed by atoms with Crippen molar-refractivity contribution in [3.05, 3.63) is 24.3 Å². The number of carboxylic acids is 1. The summed E-state index contributed by atoms with van der Waals surface area (Å²) in [5, 5.41) is 17.2. The van der Waals surface area contributed by atoms with Gasteiger partial charge >= 0.3 is 12.0 Å². The van der Waals surface area contributed by atoms with Gasteiger partial charge in [-0.05, 0) is 38.0 Å². The Bertz CT molecular complexity index is 611. The van der Waals surface area contributed by atoms with E-state index >= 15 is 0 Å². The summed E-state index contributed by atoms with van der Waals surface area (Å²) >= 11 is 0. The average Bonchev–Trinajstić information content (AvgIpc) is 2.43. The first-order chi connectivity index (χ1) is 10.9. The molecule has 0 bridgehead atoms. The van der Waals surface area contributed by atoms with Crippen LogP contribution >= 0.6 is 0 Å². The van der Waals surface area contributed by atoms with E-state index in [1.807, 2.05) is 6.92 Å². The van der Waals surface area contributed by atoms with E-state index in [1.165, 1.54) is 0 Å². The minimum Gasteiger partial charge on any atom is -0.481 e. The minimum atomic E-state index is -0.916. The van der Waals surface area contributed by atoms with E-state index in [-0.39, 0.29) is 18.4 Å². The van der Waals surface area contributed by atoms with Crippen LogP contribution in [0.4, 0.5) is 16.2 Å². The summed E-state index contributed by atoms with van der Waals surface area (Å²) in [4.78, 5) is 34.9. The fraction of sp³-hybridized carbons (Fsp3) is 0.438. The Hall–Kier alpha value is -2.57. The van der Waals surface area contributed by atoms with Crippen molar-refractivity contribution < 1.29 is 19.5 Å². The third-order valence-corrected chi connectivity index (χ3v) is 4.00. The number of carbonyl (C=O) groups is 3. The number of amides is 3. The number of benzene rings is 1. The molecule has 0 unspecified atom stereocenters. The average molecular weight is 319 g/mol. The van der Waals surface area contributed by atoms with Crippen molar-refractivity contribution in [1.29, 1.82) is 0 Å². The Morgan fingerprint density at radius 2 is 1.83 bits per heavy atom. The molecule has 2 rings (SSSR count). The van der Waals surface area contributed by atoms with Gasteiger partial charge in [0.25, 0.3) is 0 Å². The molecule has 1 aliphatic carbocycles. The predicted molar refractivity (Wildman–Crippen MR) is 86.3 cm³/mol. The van der Waals surface area contributed by atoms with Crippen LogP contribution in [0.3, 0.4) is 0 Å². The summed E-state index contributed by atoms with van der Waals surface area (Å²) in [6.45, 7) is 2.33. The third kappa shape index (κ3) is 4.21. The molecule has 1 fully saturated rings. The molecule has 7 nitrogen and oxygen atoms in total. The molecule has 124 valence electrons. The lowest BCUT2D eigenvalue weighted by molar-refractivity contribution is -0.157. The first kappa shape index (κ1) is 16.8. The van der Waals surface area contributed by atoms with Crippen molar-refractivity contribution in [1.82, 2.24) is 5.32 Å². The second kappa shape index (κ2) is 7.13. The maximum Gasteiger partial charge on any atom is 0.319 e. The number of rotatable bonds is 6. The van der Waals surface area contributed by atoms with E-state index in [1.54, 1.807) is 24.3 Å². The molecule has 0 atom stereocenters. The van der Waals surface area contributed by atoms with Crippen molar-refractivity contribution in [3.8, 4) is 0 Å². The molecule has 4 N–H and O–H groups in total. The van der Waals surface area contributed by atoms with E-state index in [0.717, 1.165) is 6.42 Å². The monoisotopic (exact) mass is 319 g/mol. The molecule has 0 spiro atoms. The van der Waals surface area contributed by atoms with E-state index in [0.29, 0.717) is 30.8 Å². The summed E-state index contributed by atoms with van der Waals surface area (Å²) in [7, 11) is 0. The van der Waals surface area contributed by atoms with Crippen molar-refractivity contribution in [2.45, 2.75) is 32.6 Å². The van der Waals surface area contributed by atoms with Gasteiger partial charge in [0.05, 0.1) is 5.41 Å². The highest BCUT2D eigenvalue weighted by molar-refractivity contribution is 5.96. The van der Waals surface area contributed by atoms with Crippen LogP contribution in [-0.4, -0.2) is 29.6 Å². The van der Waals surface area contributed by atoms with Crippen molar-refractivity contribution >= 4 is 29.3 Å². The SMILES string of the molecule is CCNC(=O)Nc1cccc(NC(=O)CC2(C(=O)O)CCC2)c1. The first-order valence-corrected chi connectivity index (χ1v) is 7.63. The zero-order valence-electron chi connectivity index (χ0n) is 13.0. The Morgan fingerprint density at radius 3 is 2.35 bits per heavy atom. The third-order valence-electron chi connectivity index (χ3n) is 4.00. The number of hydrogen-bond acceptors (Lipinski definition) is 3. The van der Waals surface area contributed by atoms with Gasteiger partial charge in [-0.3, -0.25) is 9.59 Å². The van der Waals surface area contributed by atoms with Crippen LogP contribution in [0.2, 0.25) is 0 Å². The number of urea groups is 1. The van der Waals surface area contributed by atoms with Crippen LogP contribution in [0.5, 0.6) is 0 Å². The molecule has 1 saturated carbocycles. The molecule has 0 radical (unpaired) electrons. The second-order valence-electron chi connectivity index (χ2n) is 5.73. The number of hydrogen-bond donors (Lipinski definition) is 4. The highest BCUT2D eigenvalue weighted by Gasteiger charge is 2.45. The minimum absolute atomic E-state index is 0.0314. The van der Waals surface area contributed by atoms with E-state index in [4.69, 9.17) is 0 Å². The lowest BCUT2D eigenvalue weighted by Gasteiger charge is -2.36. The molecule has 23 heavy (non-hydrogen) atoms. The van der Waals surface area contributed by atoms with Gasteiger partial charge < -0.3 is 21.1 Å². The Labute approximate surface area is 134 Å². The number of aliphatic carboxylic acids is 1. The molecule has 0 aromatic heterocycles. The Kier molecular flexibility index (Phi) is 5.20. The lowest BCUT2D eigenvalue weighted by Crippen LogP contribution is -2.41. The number of carboxylic acid groups (broad SMARTS) is 1. The molecular formula is C16H21N3O4. The second-order valence-corrected chi connectivity index (χ2v) is 5.73. The zero-order chi connectivity index (χ0) is 16.9. The molecule has 3 amide bonds. The van der Waals surface area contributed by atoms with Gasteiger partial charge in [0.1, 0.15) is 0 Å². The van der Waals surface area contributed by atoms with Crippen LogP contribution in [0, 0.1) is 5.41 Å². The van der Waals surface area contributed by atoms with Gasteiger partial charge in [-0.15, -0.1) is 0 Å². The molecule has 0 saturated heterocycles. The highest BCUT2D eigenvalue weighted by Crippen LogP contribution is 2.44. The topological polar surface area (TPSA) is 108 Å². The smallest absolute Gasteiger partial charge is 0.319 e. The molecule has 7 heteroatoms. The summed E-state index contributed by atoms with van der Waals surface area (Å²) in [6.07, 6.45) is 1.88. The lowest BCUT2D eigenvalue weighted by atomic mass is 9.66. The maximum atomic E-state index is 12.1. The van der Waals surface area contributed by atoms with Crippen molar-refractivity contribution in [3.63, 3.8) is 0 Å². The maximum absolute atomic E-state index is 12.1. The van der Waals surface area contributed by atoms with Gasteiger partial charge in [-0.2, -0.15) is 0 Å². The number of anilines is 2. The molecule has 1 aromatic rings. The quantitative estimate of drug-likeness (QED) is 0.645. The fourth-order valence-corrected chi connectivity index (χ4v) is 2.59. The van der Waals surface area contributed by atoms with Gasteiger partial charge in [0.15, 0.2) is 0 Å². The molecular weight excluding hydrogens is 298 g/mol. The zero-order valence-corrected chi connectivity index (χ0v) is 13.0. The van der Waals surface area contributed by atoms with Gasteiger partial charge in [0, 0.05) is 24.3 Å². The van der Waals surface area contributed by atoms with E-state index in [9.17, 15) is 19.5 Å². The predicted octanol–water partition coefficient (Wildman–Crippen LogP) is 2.41. The Morgan fingerprint density at radius 1 is 1.17 bits per heavy atom. The molecule has 0 aliphatic heterocycles. The Balaban J connectivity index is 1.96. The molecule has 1 aliphatic rings. The van der Waals surface area contributed by atoms with Crippen LogP contribution in [0.15, 0.2) is 24.3 Å². The van der Waals surface area contributed by atoms with Gasteiger partial charge in [-0.1, -0.05) is 12.5 Å². The number of carbonyl (C=O) groups excluding carboxylic acids is 2. The summed E-state index contributed by atoms with van der Waals surface area (Å²) in [5.74, 6) is -1.24. The highest BCUT2D eigenvalue weighted by atomic mass is 16.4. The van der Waals surface area contributed by atoms with Crippen LogP contribution < -0.4 is 16.0 Å². The molecule has 1 aromatic carbocycles. The fourth-order valence-electron chi connectivity index (χ4n) is 2.59. The van der Waals surface area contributed by atoms with Crippen LogP contribution in [0.25, 0.3) is 0 Å². The van der Waals surface area contributed by atoms with Gasteiger partial charge in [-0.25, -0.2) is 4.79 Å². The van der Waals surface area contributed by atoms with Crippen molar-refractivity contribution in [2.24, 2.45) is 5.41 Å². The van der Waals surface area contributed by atoms with E-state index in [2.05, 4.69) is 16.0 Å². The van der Waals surface area contributed by atoms with Gasteiger partial charge in [0.2, 0.25) is 5.91 Å².